The molecule has 0 saturated heterocycles. The lowest BCUT2D eigenvalue weighted by Gasteiger charge is -2.28. The highest BCUT2D eigenvalue weighted by Gasteiger charge is 2.33. The average molecular weight is 422 g/mol. The summed E-state index contributed by atoms with van der Waals surface area (Å²) in [5, 5.41) is 17.6. The summed E-state index contributed by atoms with van der Waals surface area (Å²) in [7, 11) is 0. The van der Waals surface area contributed by atoms with Crippen LogP contribution < -0.4 is 10.6 Å². The molecule has 1 aromatic heterocycles. The second-order valence-corrected chi connectivity index (χ2v) is 6.73. The summed E-state index contributed by atoms with van der Waals surface area (Å²) in [5.74, 6) is 0.221. The molecule has 0 amide bonds. The van der Waals surface area contributed by atoms with Gasteiger partial charge in [0, 0.05) is 23.4 Å². The highest BCUT2D eigenvalue weighted by molar-refractivity contribution is 7.80. The van der Waals surface area contributed by atoms with E-state index in [1.54, 1.807) is 26.0 Å². The molecule has 1 aliphatic rings. The number of hydrogen-bond donors (Lipinski definition) is 2. The van der Waals surface area contributed by atoms with Gasteiger partial charge in [-0.3, -0.25) is 10.1 Å². The van der Waals surface area contributed by atoms with Crippen molar-refractivity contribution in [2.75, 3.05) is 6.61 Å². The fraction of sp³-hybridized carbons (Fsp3) is 0.222. The first-order chi connectivity index (χ1) is 13.3. The van der Waals surface area contributed by atoms with Gasteiger partial charge in [-0.2, -0.15) is 0 Å². The van der Waals surface area contributed by atoms with Crippen LogP contribution in [0.15, 0.2) is 46.0 Å². The Hall–Kier alpha value is -2.91. The zero-order valence-corrected chi connectivity index (χ0v) is 16.5. The lowest BCUT2D eigenvalue weighted by Crippen LogP contribution is -2.45. The van der Waals surface area contributed by atoms with Crippen LogP contribution in [0.5, 0.6) is 0 Å². The molecule has 0 radical (unpaired) electrons. The summed E-state index contributed by atoms with van der Waals surface area (Å²) in [5.41, 5.74) is 1.15. The number of hydrogen-bond acceptors (Lipinski definition) is 6. The predicted octanol–water partition coefficient (Wildman–Crippen LogP) is 3.86. The van der Waals surface area contributed by atoms with Gasteiger partial charge in [-0.1, -0.05) is 11.6 Å². The Morgan fingerprint density at radius 3 is 2.82 bits per heavy atom. The van der Waals surface area contributed by atoms with Crippen molar-refractivity contribution in [2.24, 2.45) is 0 Å². The number of carbonyl (C=O) groups excluding carboxylic acids is 1. The first kappa shape index (κ1) is 19.8. The van der Waals surface area contributed by atoms with E-state index in [0.717, 1.165) is 0 Å². The molecule has 28 heavy (non-hydrogen) atoms. The molecule has 10 heteroatoms. The van der Waals surface area contributed by atoms with Crippen molar-refractivity contribution < 1.29 is 18.9 Å². The molecular weight excluding hydrogens is 406 g/mol. The normalized spacial score (nSPS) is 16.4. The lowest BCUT2D eigenvalue weighted by atomic mass is 10.0. The number of halogens is 1. The molecule has 2 aromatic rings. The first-order valence-electron chi connectivity index (χ1n) is 8.31. The Kier molecular flexibility index (Phi) is 5.66. The number of thiocarbonyl (C=S) groups is 1. The van der Waals surface area contributed by atoms with Crippen LogP contribution in [0, 0.1) is 10.1 Å². The Labute approximate surface area is 170 Å². The minimum atomic E-state index is -0.668. The van der Waals surface area contributed by atoms with Crippen LogP contribution in [0.3, 0.4) is 0 Å². The molecule has 8 nitrogen and oxygen atoms in total. The van der Waals surface area contributed by atoms with Gasteiger partial charge >= 0.3 is 5.97 Å². The number of esters is 1. The predicted molar refractivity (Wildman–Crippen MR) is 107 cm³/mol. The van der Waals surface area contributed by atoms with Crippen molar-refractivity contribution in [3.8, 4) is 11.3 Å². The molecule has 0 bridgehead atoms. The second-order valence-electron chi connectivity index (χ2n) is 5.91. The molecule has 1 atom stereocenters. The van der Waals surface area contributed by atoms with Crippen LogP contribution in [0.4, 0.5) is 5.69 Å². The third-order valence-electron chi connectivity index (χ3n) is 4.10. The molecule has 1 aliphatic heterocycles. The van der Waals surface area contributed by atoms with E-state index in [9.17, 15) is 14.9 Å². The van der Waals surface area contributed by atoms with Crippen LogP contribution >= 0.6 is 23.8 Å². The van der Waals surface area contributed by atoms with Gasteiger partial charge in [0.15, 0.2) is 5.11 Å². The number of nitrogens with zero attached hydrogens (tertiary/aromatic N) is 1. The maximum atomic E-state index is 12.4. The monoisotopic (exact) mass is 421 g/mol. The van der Waals surface area contributed by atoms with E-state index < -0.39 is 16.9 Å². The van der Waals surface area contributed by atoms with Crippen molar-refractivity contribution in [3.63, 3.8) is 0 Å². The zero-order valence-electron chi connectivity index (χ0n) is 14.9. The van der Waals surface area contributed by atoms with E-state index in [0.29, 0.717) is 38.5 Å². The number of nitro benzene ring substituents is 1. The summed E-state index contributed by atoms with van der Waals surface area (Å²) in [6.07, 6.45) is 0. The smallest absolute Gasteiger partial charge is 0.338 e. The second kappa shape index (κ2) is 7.99. The van der Waals surface area contributed by atoms with Gasteiger partial charge in [0.25, 0.3) is 5.69 Å². The molecule has 2 N–H and O–H groups in total. The number of allylic oxidation sites excluding steroid dienone is 1. The Morgan fingerprint density at radius 2 is 2.14 bits per heavy atom. The number of rotatable bonds is 5. The third kappa shape index (κ3) is 3.85. The zero-order chi connectivity index (χ0) is 20.4. The van der Waals surface area contributed by atoms with Gasteiger partial charge in [0.1, 0.15) is 17.6 Å². The molecule has 146 valence electrons. The highest BCUT2D eigenvalue weighted by atomic mass is 35.5. The Bertz CT molecular complexity index is 1000. The third-order valence-corrected chi connectivity index (χ3v) is 4.65. The first-order valence-corrected chi connectivity index (χ1v) is 9.10. The largest absolute Gasteiger partial charge is 0.463 e. The number of benzene rings is 1. The average Bonchev–Trinajstić information content (AvgIpc) is 3.11. The quantitative estimate of drug-likeness (QED) is 0.324. The van der Waals surface area contributed by atoms with Crippen molar-refractivity contribution in [3.05, 3.63) is 62.5 Å². The highest BCUT2D eigenvalue weighted by Crippen LogP contribution is 2.36. The topological polar surface area (TPSA) is 107 Å². The van der Waals surface area contributed by atoms with E-state index in [1.165, 1.54) is 18.2 Å². The fourth-order valence-corrected chi connectivity index (χ4v) is 3.34. The van der Waals surface area contributed by atoms with Gasteiger partial charge in [-0.25, -0.2) is 4.79 Å². The molecule has 0 aliphatic carbocycles. The van der Waals surface area contributed by atoms with Crippen LogP contribution in [-0.4, -0.2) is 22.6 Å². The molecule has 0 unspecified atom stereocenters. The van der Waals surface area contributed by atoms with Gasteiger partial charge < -0.3 is 19.8 Å². The molecule has 0 saturated carbocycles. The molecule has 1 aromatic carbocycles. The van der Waals surface area contributed by atoms with E-state index in [4.69, 9.17) is 33.0 Å². The number of ether oxygens (including phenoxy) is 1. The number of non-ortho nitro benzene ring substituents is 1. The van der Waals surface area contributed by atoms with Crippen LogP contribution in [0.2, 0.25) is 5.02 Å². The Morgan fingerprint density at radius 1 is 1.39 bits per heavy atom. The molecule has 3 rings (SSSR count). The summed E-state index contributed by atoms with van der Waals surface area (Å²) < 4.78 is 11.0. The van der Waals surface area contributed by atoms with Crippen molar-refractivity contribution in [2.45, 2.75) is 19.9 Å². The summed E-state index contributed by atoms with van der Waals surface area (Å²) >= 11 is 11.4. The summed E-state index contributed by atoms with van der Waals surface area (Å²) in [6.45, 7) is 3.65. The van der Waals surface area contributed by atoms with Crippen molar-refractivity contribution in [1.82, 2.24) is 10.6 Å². The summed E-state index contributed by atoms with van der Waals surface area (Å²) in [6, 6.07) is 6.70. The Balaban J connectivity index is 2.02. The molecule has 2 heterocycles. The molecule has 0 spiro atoms. The van der Waals surface area contributed by atoms with Gasteiger partial charge in [0.2, 0.25) is 0 Å². The van der Waals surface area contributed by atoms with E-state index in [2.05, 4.69) is 10.6 Å². The van der Waals surface area contributed by atoms with Crippen molar-refractivity contribution >= 4 is 40.6 Å². The van der Waals surface area contributed by atoms with Crippen molar-refractivity contribution in [1.29, 1.82) is 0 Å². The number of nitrogens with one attached hydrogen (secondary N) is 2. The maximum Gasteiger partial charge on any atom is 0.338 e. The van der Waals surface area contributed by atoms with Gasteiger partial charge in [0.05, 0.1) is 22.1 Å². The lowest BCUT2D eigenvalue weighted by molar-refractivity contribution is -0.384. The minimum absolute atomic E-state index is 0.110. The molecular formula is C18H16ClN3O5S. The van der Waals surface area contributed by atoms with E-state index in [1.807, 2.05) is 0 Å². The number of carbonyl (C=O) groups is 1. The molecule has 0 fully saturated rings. The van der Waals surface area contributed by atoms with E-state index >= 15 is 0 Å². The van der Waals surface area contributed by atoms with Crippen LogP contribution in [0.1, 0.15) is 25.6 Å². The van der Waals surface area contributed by atoms with Gasteiger partial charge in [-0.15, -0.1) is 0 Å². The van der Waals surface area contributed by atoms with Gasteiger partial charge in [-0.05, 0) is 44.3 Å². The SMILES string of the molecule is CCOC(=O)C1=C(C)NC(=S)N[C@@H]1c1ccc(-c2cc([N+](=O)[O-])ccc2Cl)o1. The standard InChI is InChI=1S/C18H16ClN3O5S/c1-3-26-17(23)15-9(2)20-18(28)21-16(15)14-7-6-13(27-14)11-8-10(22(24)25)4-5-12(11)19/h4-8,16H,3H2,1-2H3,(H2,20,21,28)/t16-/m1/s1. The van der Waals surface area contributed by atoms with E-state index in [-0.39, 0.29) is 12.3 Å². The fourth-order valence-electron chi connectivity index (χ4n) is 2.86. The summed E-state index contributed by atoms with van der Waals surface area (Å²) in [4.78, 5) is 22.9. The maximum absolute atomic E-state index is 12.4. The number of furan rings is 1. The van der Waals surface area contributed by atoms with Crippen LogP contribution in [0.25, 0.3) is 11.3 Å². The number of nitro groups is 1. The van der Waals surface area contributed by atoms with Crippen LogP contribution in [-0.2, 0) is 9.53 Å². The minimum Gasteiger partial charge on any atom is -0.463 e.